The molecular formula is C18H23ClN6O2. The van der Waals surface area contributed by atoms with Crippen LogP contribution in [0.15, 0.2) is 24.3 Å². The summed E-state index contributed by atoms with van der Waals surface area (Å²) in [6, 6.07) is 7.37. The number of halogens is 1. The van der Waals surface area contributed by atoms with E-state index in [1.807, 2.05) is 17.0 Å². The van der Waals surface area contributed by atoms with Crippen LogP contribution >= 0.6 is 11.6 Å². The second-order valence-corrected chi connectivity index (χ2v) is 7.63. The van der Waals surface area contributed by atoms with Crippen molar-refractivity contribution in [3.63, 3.8) is 0 Å². The zero-order valence-corrected chi connectivity index (χ0v) is 16.1. The number of anilines is 3. The molecule has 1 aliphatic rings. The summed E-state index contributed by atoms with van der Waals surface area (Å²) in [5.41, 5.74) is 6.67. The minimum absolute atomic E-state index is 0.130. The quantitative estimate of drug-likeness (QED) is 0.591. The summed E-state index contributed by atoms with van der Waals surface area (Å²) in [6.07, 6.45) is 1.09. The minimum Gasteiger partial charge on any atom is -0.378 e. The third-order valence-corrected chi connectivity index (χ3v) is 4.86. The van der Waals surface area contributed by atoms with Crippen LogP contribution in [0.1, 0.15) is 25.8 Å². The Morgan fingerprint density at radius 3 is 2.48 bits per heavy atom. The summed E-state index contributed by atoms with van der Waals surface area (Å²) in [5.74, 6) is 1.28. The number of benzene rings is 1. The molecule has 1 aromatic carbocycles. The maximum atomic E-state index is 11.6. The molecule has 0 radical (unpaired) electrons. The first kappa shape index (κ1) is 19.2. The molecule has 0 spiro atoms. The smallest absolute Gasteiger partial charge is 0.353 e. The molecule has 27 heavy (non-hydrogen) atoms. The van der Waals surface area contributed by atoms with Crippen molar-refractivity contribution in [2.75, 3.05) is 29.0 Å². The van der Waals surface area contributed by atoms with Crippen molar-refractivity contribution < 1.29 is 4.92 Å². The lowest BCUT2D eigenvalue weighted by Gasteiger charge is -2.35. The molecule has 1 fully saturated rings. The summed E-state index contributed by atoms with van der Waals surface area (Å²) in [5, 5.41) is 15.3. The molecule has 3 N–H and O–H groups in total. The molecule has 0 bridgehead atoms. The molecule has 0 saturated carbocycles. The van der Waals surface area contributed by atoms with Crippen LogP contribution in [0.25, 0.3) is 0 Å². The standard InChI is InChI=1S/C18H23ClN6O2/c1-11-7-12(2)10-24(9-11)17-15(25(26)27)16(20)22-18(23-17)21-8-13-3-5-14(19)6-4-13/h3-6,11-12H,7-10H2,1-2H3,(H3,20,21,22,23)/t11-,12-/m1/s1. The van der Waals surface area contributed by atoms with Gasteiger partial charge in [0, 0.05) is 24.7 Å². The van der Waals surface area contributed by atoms with Gasteiger partial charge in [-0.2, -0.15) is 9.97 Å². The number of piperidine rings is 1. The normalized spacial score (nSPS) is 19.7. The number of rotatable bonds is 5. The Morgan fingerprint density at radius 2 is 1.89 bits per heavy atom. The second-order valence-electron chi connectivity index (χ2n) is 7.19. The van der Waals surface area contributed by atoms with Gasteiger partial charge in [0.2, 0.25) is 17.6 Å². The van der Waals surface area contributed by atoms with Crippen molar-refractivity contribution in [1.82, 2.24) is 9.97 Å². The van der Waals surface area contributed by atoms with Crippen LogP contribution in [0.3, 0.4) is 0 Å². The van der Waals surface area contributed by atoms with E-state index in [4.69, 9.17) is 17.3 Å². The maximum absolute atomic E-state index is 11.6. The van der Waals surface area contributed by atoms with E-state index in [1.165, 1.54) is 0 Å². The second kappa shape index (κ2) is 7.96. The average Bonchev–Trinajstić information content (AvgIpc) is 2.59. The van der Waals surface area contributed by atoms with Crippen LogP contribution in [-0.4, -0.2) is 28.0 Å². The van der Waals surface area contributed by atoms with Crippen LogP contribution in [0.5, 0.6) is 0 Å². The van der Waals surface area contributed by atoms with Gasteiger partial charge in [-0.25, -0.2) is 0 Å². The van der Waals surface area contributed by atoms with Crippen molar-refractivity contribution in [2.24, 2.45) is 11.8 Å². The van der Waals surface area contributed by atoms with Gasteiger partial charge in [0.1, 0.15) is 0 Å². The van der Waals surface area contributed by atoms with E-state index in [2.05, 4.69) is 29.1 Å². The first-order valence-corrected chi connectivity index (χ1v) is 9.26. The number of hydrogen-bond donors (Lipinski definition) is 2. The van der Waals surface area contributed by atoms with Gasteiger partial charge < -0.3 is 16.0 Å². The summed E-state index contributed by atoms with van der Waals surface area (Å²) in [7, 11) is 0. The lowest BCUT2D eigenvalue weighted by atomic mass is 9.92. The highest BCUT2D eigenvalue weighted by Gasteiger charge is 2.31. The largest absolute Gasteiger partial charge is 0.378 e. The molecule has 2 aromatic rings. The SMILES string of the molecule is C[C@@H]1C[C@@H](C)CN(c2nc(NCc3ccc(Cl)cc3)nc(N)c2[N+](=O)[O-])C1. The van der Waals surface area contributed by atoms with Crippen molar-refractivity contribution in [2.45, 2.75) is 26.8 Å². The molecular weight excluding hydrogens is 368 g/mol. The molecule has 1 saturated heterocycles. The molecule has 2 atom stereocenters. The van der Waals surface area contributed by atoms with E-state index in [1.54, 1.807) is 12.1 Å². The van der Waals surface area contributed by atoms with Gasteiger partial charge in [-0.1, -0.05) is 37.6 Å². The van der Waals surface area contributed by atoms with Gasteiger partial charge in [0.05, 0.1) is 4.92 Å². The summed E-state index contributed by atoms with van der Waals surface area (Å²) in [6.45, 7) is 6.15. The van der Waals surface area contributed by atoms with E-state index in [0.29, 0.717) is 36.5 Å². The molecule has 1 aliphatic heterocycles. The lowest BCUT2D eigenvalue weighted by molar-refractivity contribution is -0.383. The Morgan fingerprint density at radius 1 is 1.26 bits per heavy atom. The predicted octanol–water partition coefficient (Wildman–Crippen LogP) is 3.71. The van der Waals surface area contributed by atoms with Gasteiger partial charge in [-0.15, -0.1) is 0 Å². The Bertz CT molecular complexity index is 819. The monoisotopic (exact) mass is 390 g/mol. The van der Waals surface area contributed by atoms with Crippen molar-refractivity contribution in [1.29, 1.82) is 0 Å². The van der Waals surface area contributed by atoms with Crippen LogP contribution in [0.4, 0.5) is 23.3 Å². The van der Waals surface area contributed by atoms with Gasteiger partial charge in [-0.3, -0.25) is 10.1 Å². The van der Waals surface area contributed by atoms with Gasteiger partial charge >= 0.3 is 5.69 Å². The van der Waals surface area contributed by atoms with E-state index in [0.717, 1.165) is 12.0 Å². The van der Waals surface area contributed by atoms with Crippen LogP contribution in [0, 0.1) is 22.0 Å². The molecule has 8 nitrogen and oxygen atoms in total. The molecule has 0 unspecified atom stereocenters. The summed E-state index contributed by atoms with van der Waals surface area (Å²) in [4.78, 5) is 21.5. The fourth-order valence-corrected chi connectivity index (χ4v) is 3.68. The maximum Gasteiger partial charge on any atom is 0.353 e. The van der Waals surface area contributed by atoms with Crippen molar-refractivity contribution >= 4 is 34.9 Å². The number of nitro groups is 1. The molecule has 9 heteroatoms. The first-order valence-electron chi connectivity index (χ1n) is 8.88. The van der Waals surface area contributed by atoms with Crippen molar-refractivity contribution in [3.8, 4) is 0 Å². The number of aromatic nitrogens is 2. The van der Waals surface area contributed by atoms with Gasteiger partial charge in [-0.05, 0) is 36.0 Å². The number of hydrogen-bond acceptors (Lipinski definition) is 7. The van der Waals surface area contributed by atoms with Crippen LogP contribution < -0.4 is 16.0 Å². The average molecular weight is 391 g/mol. The Labute approximate surface area is 162 Å². The summed E-state index contributed by atoms with van der Waals surface area (Å²) >= 11 is 5.90. The van der Waals surface area contributed by atoms with Gasteiger partial charge in [0.25, 0.3) is 0 Å². The Hall–Kier alpha value is -2.61. The Balaban J connectivity index is 1.88. The number of nitrogen functional groups attached to an aromatic ring is 1. The minimum atomic E-state index is -0.502. The Kier molecular flexibility index (Phi) is 5.65. The highest BCUT2D eigenvalue weighted by Crippen LogP contribution is 2.35. The zero-order valence-electron chi connectivity index (χ0n) is 15.4. The molecule has 144 valence electrons. The summed E-state index contributed by atoms with van der Waals surface area (Å²) < 4.78 is 0. The van der Waals surface area contributed by atoms with E-state index in [9.17, 15) is 10.1 Å². The highest BCUT2D eigenvalue weighted by atomic mass is 35.5. The number of nitrogens with two attached hydrogens (primary N) is 1. The molecule has 0 aliphatic carbocycles. The third kappa shape index (κ3) is 4.57. The number of nitrogens with zero attached hydrogens (tertiary/aromatic N) is 4. The molecule has 1 aromatic heterocycles. The van der Waals surface area contributed by atoms with Crippen LogP contribution in [-0.2, 0) is 6.54 Å². The molecule has 2 heterocycles. The first-order chi connectivity index (χ1) is 12.8. The van der Waals surface area contributed by atoms with Crippen LogP contribution in [0.2, 0.25) is 5.02 Å². The van der Waals surface area contributed by atoms with E-state index >= 15 is 0 Å². The topological polar surface area (TPSA) is 110 Å². The van der Waals surface area contributed by atoms with E-state index < -0.39 is 4.92 Å². The third-order valence-electron chi connectivity index (χ3n) is 4.61. The number of nitrogens with one attached hydrogen (secondary N) is 1. The molecule has 0 amide bonds. The van der Waals surface area contributed by atoms with Crippen molar-refractivity contribution in [3.05, 3.63) is 45.0 Å². The fraction of sp³-hybridized carbons (Fsp3) is 0.444. The lowest BCUT2D eigenvalue weighted by Crippen LogP contribution is -2.39. The zero-order chi connectivity index (χ0) is 19.6. The molecule has 3 rings (SSSR count). The fourth-order valence-electron chi connectivity index (χ4n) is 3.55. The van der Waals surface area contributed by atoms with Gasteiger partial charge in [0.15, 0.2) is 0 Å². The predicted molar refractivity (Wildman–Crippen MR) is 107 cm³/mol. The van der Waals surface area contributed by atoms with E-state index in [-0.39, 0.29) is 23.3 Å². The highest BCUT2D eigenvalue weighted by molar-refractivity contribution is 6.30.